The molecule has 0 fully saturated rings. The minimum Gasteiger partial charge on any atom is -0.494 e. The average Bonchev–Trinajstić information content (AvgIpc) is 2.93. The number of esters is 1. The smallest absolute Gasteiger partial charge is 0.341 e. The number of ether oxygens (including phenoxy) is 2. The first-order valence-corrected chi connectivity index (χ1v) is 9.44. The van der Waals surface area contributed by atoms with Crippen LogP contribution in [0.25, 0.3) is 0 Å². The highest BCUT2D eigenvalue weighted by molar-refractivity contribution is 7.18. The predicted molar refractivity (Wildman–Crippen MR) is 106 cm³/mol. The van der Waals surface area contributed by atoms with Crippen LogP contribution in [0.4, 0.5) is 5.00 Å². The molecule has 9 heteroatoms. The molecule has 2 aromatic rings. The first-order chi connectivity index (χ1) is 12.7. The van der Waals surface area contributed by atoms with Crippen LogP contribution in [0.3, 0.4) is 0 Å². The van der Waals surface area contributed by atoms with Crippen molar-refractivity contribution in [3.05, 3.63) is 43.7 Å². The number of methoxy groups -OCH3 is 1. The molecule has 0 spiro atoms. The molecule has 0 aliphatic rings. The molecule has 0 radical (unpaired) electrons. The summed E-state index contributed by atoms with van der Waals surface area (Å²) in [5.74, 6) is -1.36. The lowest BCUT2D eigenvalue weighted by atomic mass is 10.1. The molecule has 2 rings (SSSR count). The van der Waals surface area contributed by atoms with E-state index in [2.05, 4.69) is 5.32 Å². The fraction of sp³-hybridized carbons (Fsp3) is 0.278. The maximum atomic E-state index is 12.8. The molecule has 0 saturated heterocycles. The largest absolute Gasteiger partial charge is 0.494 e. The predicted octanol–water partition coefficient (Wildman–Crippen LogP) is 5.00. The highest BCUT2D eigenvalue weighted by atomic mass is 35.5. The van der Waals surface area contributed by atoms with Gasteiger partial charge in [-0.3, -0.25) is 9.59 Å². The van der Waals surface area contributed by atoms with Crippen molar-refractivity contribution in [2.75, 3.05) is 19.0 Å². The van der Waals surface area contributed by atoms with Gasteiger partial charge in [0.2, 0.25) is 0 Å². The highest BCUT2D eigenvalue weighted by Crippen LogP contribution is 2.37. The van der Waals surface area contributed by atoms with Crippen LogP contribution in [0.1, 0.15) is 49.8 Å². The van der Waals surface area contributed by atoms with Crippen LogP contribution in [-0.4, -0.2) is 31.4 Å². The topological polar surface area (TPSA) is 81.7 Å². The van der Waals surface area contributed by atoms with E-state index in [1.165, 1.54) is 26.2 Å². The van der Waals surface area contributed by atoms with Crippen molar-refractivity contribution in [1.82, 2.24) is 0 Å². The number of amides is 1. The second-order valence-electron chi connectivity index (χ2n) is 5.43. The summed E-state index contributed by atoms with van der Waals surface area (Å²) in [5, 5.41) is 3.17. The number of carbonyl (C=O) groups is 3. The van der Waals surface area contributed by atoms with Crippen molar-refractivity contribution < 1.29 is 23.9 Å². The second kappa shape index (κ2) is 8.73. The van der Waals surface area contributed by atoms with Crippen LogP contribution in [0.5, 0.6) is 5.75 Å². The van der Waals surface area contributed by atoms with E-state index in [9.17, 15) is 14.4 Å². The Hall–Kier alpha value is -2.09. The molecule has 1 aromatic carbocycles. The Morgan fingerprint density at radius 1 is 1.15 bits per heavy atom. The number of carbonyl (C=O) groups excluding carboxylic acids is 3. The maximum absolute atomic E-state index is 12.8. The number of ketones is 1. The third-order valence-corrected chi connectivity index (χ3v) is 5.58. The van der Waals surface area contributed by atoms with E-state index in [4.69, 9.17) is 32.7 Å². The molecule has 1 heterocycles. The number of anilines is 1. The number of benzene rings is 1. The molecular formula is C18H17Cl2NO5S. The van der Waals surface area contributed by atoms with Crippen molar-refractivity contribution >= 4 is 57.2 Å². The lowest BCUT2D eigenvalue weighted by Gasteiger charge is -2.12. The van der Waals surface area contributed by atoms with Crippen molar-refractivity contribution in [3.63, 3.8) is 0 Å². The lowest BCUT2D eigenvalue weighted by molar-refractivity contribution is 0.0527. The van der Waals surface area contributed by atoms with E-state index >= 15 is 0 Å². The number of rotatable bonds is 6. The maximum Gasteiger partial charge on any atom is 0.341 e. The van der Waals surface area contributed by atoms with Gasteiger partial charge in [-0.25, -0.2) is 4.79 Å². The van der Waals surface area contributed by atoms with E-state index in [1.54, 1.807) is 13.8 Å². The van der Waals surface area contributed by atoms with Crippen molar-refractivity contribution in [1.29, 1.82) is 0 Å². The van der Waals surface area contributed by atoms with Crippen LogP contribution >= 0.6 is 34.5 Å². The summed E-state index contributed by atoms with van der Waals surface area (Å²) >= 11 is 13.2. The van der Waals surface area contributed by atoms with Crippen LogP contribution in [-0.2, 0) is 4.74 Å². The second-order valence-corrected chi connectivity index (χ2v) is 7.26. The molecule has 1 N–H and O–H groups in total. The first kappa shape index (κ1) is 21.2. The molecule has 0 atom stereocenters. The Kier molecular flexibility index (Phi) is 6.86. The minimum atomic E-state index is -0.627. The molecule has 0 aliphatic carbocycles. The van der Waals surface area contributed by atoms with Crippen molar-refractivity contribution in [3.8, 4) is 5.75 Å². The van der Waals surface area contributed by atoms with Gasteiger partial charge in [-0.05, 0) is 38.5 Å². The SMILES string of the molecule is CCOC(=O)c1c(NC(=O)c2c(Cl)ccc(Cl)c2OC)sc(C(C)=O)c1C. The molecule has 27 heavy (non-hydrogen) atoms. The van der Waals surface area contributed by atoms with Crippen molar-refractivity contribution in [2.45, 2.75) is 20.8 Å². The molecule has 0 bridgehead atoms. The van der Waals surface area contributed by atoms with Crippen LogP contribution in [0.15, 0.2) is 12.1 Å². The summed E-state index contributed by atoms with van der Waals surface area (Å²) in [6.07, 6.45) is 0. The Bertz CT molecular complexity index is 923. The summed E-state index contributed by atoms with van der Waals surface area (Å²) in [7, 11) is 1.36. The van der Waals surface area contributed by atoms with Gasteiger partial charge in [-0.15, -0.1) is 11.3 Å². The molecule has 0 aliphatic heterocycles. The molecule has 1 aromatic heterocycles. The zero-order valence-electron chi connectivity index (χ0n) is 15.1. The van der Waals surface area contributed by atoms with E-state index in [0.717, 1.165) is 11.3 Å². The number of Topliss-reactive ketones (excluding diaryl/α,β-unsaturated/α-hetero) is 1. The molecular weight excluding hydrogens is 413 g/mol. The summed E-state index contributed by atoms with van der Waals surface area (Å²) in [4.78, 5) is 37.4. The van der Waals surface area contributed by atoms with E-state index in [1.807, 2.05) is 0 Å². The first-order valence-electron chi connectivity index (χ1n) is 7.87. The zero-order valence-corrected chi connectivity index (χ0v) is 17.4. The van der Waals surface area contributed by atoms with Gasteiger partial charge >= 0.3 is 5.97 Å². The summed E-state index contributed by atoms with van der Waals surface area (Å²) < 4.78 is 10.2. The van der Waals surface area contributed by atoms with Gasteiger partial charge < -0.3 is 14.8 Å². The average molecular weight is 430 g/mol. The molecule has 144 valence electrons. The minimum absolute atomic E-state index is 0.0249. The Morgan fingerprint density at radius 2 is 1.78 bits per heavy atom. The van der Waals surface area contributed by atoms with Crippen LogP contribution in [0, 0.1) is 6.92 Å². The number of hydrogen-bond acceptors (Lipinski definition) is 6. The molecule has 6 nitrogen and oxygen atoms in total. The molecule has 0 unspecified atom stereocenters. The van der Waals surface area contributed by atoms with E-state index in [-0.39, 0.29) is 44.3 Å². The summed E-state index contributed by atoms with van der Waals surface area (Å²) in [6.45, 7) is 4.84. The monoisotopic (exact) mass is 429 g/mol. The normalized spacial score (nSPS) is 10.4. The quantitative estimate of drug-likeness (QED) is 0.515. The molecule has 1 amide bonds. The summed E-state index contributed by atoms with van der Waals surface area (Å²) in [5.41, 5.74) is 0.611. The van der Waals surface area contributed by atoms with E-state index < -0.39 is 11.9 Å². The molecule has 0 saturated carbocycles. The number of thiophene rings is 1. The lowest BCUT2D eigenvalue weighted by Crippen LogP contribution is -2.16. The van der Waals surface area contributed by atoms with Crippen LogP contribution in [0.2, 0.25) is 10.0 Å². The fourth-order valence-electron chi connectivity index (χ4n) is 2.50. The third kappa shape index (κ3) is 4.26. The number of halogens is 2. The van der Waals surface area contributed by atoms with Gasteiger partial charge in [0.25, 0.3) is 5.91 Å². The van der Waals surface area contributed by atoms with Gasteiger partial charge in [-0.2, -0.15) is 0 Å². The zero-order chi connectivity index (χ0) is 20.3. The Morgan fingerprint density at radius 3 is 2.33 bits per heavy atom. The van der Waals surface area contributed by atoms with Gasteiger partial charge in [0.15, 0.2) is 11.5 Å². The fourth-order valence-corrected chi connectivity index (χ4v) is 4.05. The van der Waals surface area contributed by atoms with Gasteiger partial charge in [-0.1, -0.05) is 23.2 Å². The standard InChI is InChI=1S/C18H17Cl2NO5S/c1-5-26-18(24)12-8(2)15(9(3)22)27-17(12)21-16(23)13-10(19)6-7-11(20)14(13)25-4/h6-7H,5H2,1-4H3,(H,21,23). The van der Waals surface area contributed by atoms with Crippen LogP contribution < -0.4 is 10.1 Å². The number of nitrogens with one attached hydrogen (secondary N) is 1. The Balaban J connectivity index is 2.53. The van der Waals surface area contributed by atoms with Crippen molar-refractivity contribution in [2.24, 2.45) is 0 Å². The van der Waals surface area contributed by atoms with Gasteiger partial charge in [0, 0.05) is 0 Å². The van der Waals surface area contributed by atoms with Gasteiger partial charge in [0.05, 0.1) is 34.2 Å². The summed E-state index contributed by atoms with van der Waals surface area (Å²) in [6, 6.07) is 2.97. The number of hydrogen-bond donors (Lipinski definition) is 1. The van der Waals surface area contributed by atoms with Gasteiger partial charge in [0.1, 0.15) is 10.6 Å². The highest BCUT2D eigenvalue weighted by Gasteiger charge is 2.27. The third-order valence-electron chi connectivity index (χ3n) is 3.66. The van der Waals surface area contributed by atoms with E-state index in [0.29, 0.717) is 10.4 Å². The Labute approximate surface area is 170 Å².